The van der Waals surface area contributed by atoms with Crippen LogP contribution in [0.3, 0.4) is 0 Å². The smallest absolute Gasteiger partial charge is 0.0409 e. The van der Waals surface area contributed by atoms with Gasteiger partial charge in [0.05, 0.1) is 0 Å². The van der Waals surface area contributed by atoms with Gasteiger partial charge in [-0.3, -0.25) is 4.99 Å². The molecule has 0 spiro atoms. The van der Waals surface area contributed by atoms with Crippen molar-refractivity contribution in [2.75, 3.05) is 7.05 Å². The van der Waals surface area contributed by atoms with Gasteiger partial charge in [0.15, 0.2) is 0 Å². The summed E-state index contributed by atoms with van der Waals surface area (Å²) in [5, 5.41) is 0. The van der Waals surface area contributed by atoms with Gasteiger partial charge in [0.2, 0.25) is 0 Å². The van der Waals surface area contributed by atoms with Gasteiger partial charge in [-0.1, -0.05) is 29.8 Å². The summed E-state index contributed by atoms with van der Waals surface area (Å²) in [7, 11) is 1.78. The predicted octanol–water partition coefficient (Wildman–Crippen LogP) is 2.78. The van der Waals surface area contributed by atoms with Gasteiger partial charge in [-0.25, -0.2) is 0 Å². The molecule has 0 atom stereocenters. The Balaban J connectivity index is 3.24. The Kier molecular flexibility index (Phi) is 3.67. The van der Waals surface area contributed by atoms with Crippen LogP contribution in [0.1, 0.15) is 25.0 Å². The molecule has 0 amide bonds. The van der Waals surface area contributed by atoms with Crippen molar-refractivity contribution in [2.45, 2.75) is 20.8 Å². The number of nitrogens with two attached hydrogens (primary N) is 1. The van der Waals surface area contributed by atoms with Crippen molar-refractivity contribution < 1.29 is 0 Å². The number of rotatable bonds is 2. The van der Waals surface area contributed by atoms with Crippen molar-refractivity contribution in [3.63, 3.8) is 0 Å². The Hall–Kier alpha value is -1.57. The van der Waals surface area contributed by atoms with Crippen LogP contribution in [0.5, 0.6) is 0 Å². The minimum absolute atomic E-state index is 0.807. The van der Waals surface area contributed by atoms with E-state index in [1.165, 1.54) is 5.56 Å². The molecule has 0 aromatic heterocycles. The molecule has 0 fully saturated rings. The molecule has 2 N–H and O–H groups in total. The van der Waals surface area contributed by atoms with Gasteiger partial charge in [0.25, 0.3) is 0 Å². The van der Waals surface area contributed by atoms with Crippen molar-refractivity contribution in [1.82, 2.24) is 0 Å². The predicted molar refractivity (Wildman–Crippen MR) is 67.0 cm³/mol. The maximum atomic E-state index is 5.88. The Labute approximate surface area is 91.5 Å². The van der Waals surface area contributed by atoms with Crippen molar-refractivity contribution in [3.05, 3.63) is 41.1 Å². The highest BCUT2D eigenvalue weighted by Crippen LogP contribution is 2.18. The highest BCUT2D eigenvalue weighted by molar-refractivity contribution is 6.23. The summed E-state index contributed by atoms with van der Waals surface area (Å²) in [5.74, 6) is 0. The van der Waals surface area contributed by atoms with Gasteiger partial charge >= 0.3 is 0 Å². The summed E-state index contributed by atoms with van der Waals surface area (Å²) in [6.45, 7) is 5.96. The first-order valence-electron chi connectivity index (χ1n) is 5.03. The molecular formula is C13H18N2. The summed E-state index contributed by atoms with van der Waals surface area (Å²) in [6.07, 6.45) is 0. The van der Waals surface area contributed by atoms with E-state index in [4.69, 9.17) is 5.73 Å². The number of allylic oxidation sites excluding steroid dienone is 2. The lowest BCUT2D eigenvalue weighted by Gasteiger charge is -2.09. The summed E-state index contributed by atoms with van der Waals surface area (Å²) in [5.41, 5.74) is 11.1. The van der Waals surface area contributed by atoms with Gasteiger partial charge in [-0.05, 0) is 26.3 Å². The summed E-state index contributed by atoms with van der Waals surface area (Å²) in [6, 6.07) is 8.33. The standard InChI is InChI=1S/C13H18N2/c1-9-5-7-12(8-6-9)13(10(2)14)11(3)15-4/h5-8H,14H2,1-4H3. The molecule has 0 saturated heterocycles. The molecule has 2 nitrogen and oxygen atoms in total. The largest absolute Gasteiger partial charge is 0.402 e. The second kappa shape index (κ2) is 4.78. The van der Waals surface area contributed by atoms with E-state index in [0.29, 0.717) is 0 Å². The van der Waals surface area contributed by atoms with Crippen molar-refractivity contribution in [3.8, 4) is 0 Å². The zero-order valence-electron chi connectivity index (χ0n) is 9.83. The van der Waals surface area contributed by atoms with E-state index in [-0.39, 0.29) is 0 Å². The number of aliphatic imine (C=N–C) groups is 1. The van der Waals surface area contributed by atoms with Crippen LogP contribution in [0.2, 0.25) is 0 Å². The maximum absolute atomic E-state index is 5.88. The van der Waals surface area contributed by atoms with E-state index in [2.05, 4.69) is 36.2 Å². The third-order valence-electron chi connectivity index (χ3n) is 2.43. The fraction of sp³-hybridized carbons (Fsp3) is 0.308. The van der Waals surface area contributed by atoms with Crippen molar-refractivity contribution >= 4 is 11.3 Å². The normalized spacial score (nSPS) is 13.7. The zero-order valence-corrected chi connectivity index (χ0v) is 9.83. The Morgan fingerprint density at radius 2 is 1.67 bits per heavy atom. The molecule has 1 rings (SSSR count). The molecule has 80 valence electrons. The topological polar surface area (TPSA) is 38.4 Å². The molecule has 15 heavy (non-hydrogen) atoms. The second-order valence-corrected chi connectivity index (χ2v) is 3.73. The third-order valence-corrected chi connectivity index (χ3v) is 2.43. The van der Waals surface area contributed by atoms with Crippen LogP contribution in [0.25, 0.3) is 5.57 Å². The number of nitrogens with zero attached hydrogens (tertiary/aromatic N) is 1. The van der Waals surface area contributed by atoms with Crippen LogP contribution in [0.15, 0.2) is 35.0 Å². The third kappa shape index (κ3) is 2.69. The Morgan fingerprint density at radius 3 is 2.07 bits per heavy atom. The van der Waals surface area contributed by atoms with Gasteiger partial charge in [0.1, 0.15) is 0 Å². The van der Waals surface area contributed by atoms with Crippen LogP contribution in [-0.2, 0) is 0 Å². The minimum atomic E-state index is 0.807. The van der Waals surface area contributed by atoms with Crippen molar-refractivity contribution in [1.29, 1.82) is 0 Å². The maximum Gasteiger partial charge on any atom is 0.0409 e. The quantitative estimate of drug-likeness (QED) is 0.736. The fourth-order valence-electron chi connectivity index (χ4n) is 1.55. The first-order chi connectivity index (χ1) is 7.06. The fourth-order valence-corrected chi connectivity index (χ4v) is 1.55. The van der Waals surface area contributed by atoms with Crippen molar-refractivity contribution in [2.24, 2.45) is 10.7 Å². The summed E-state index contributed by atoms with van der Waals surface area (Å²) >= 11 is 0. The molecule has 0 aliphatic carbocycles. The molecule has 0 radical (unpaired) electrons. The minimum Gasteiger partial charge on any atom is -0.402 e. The number of hydrogen-bond acceptors (Lipinski definition) is 2. The lowest BCUT2D eigenvalue weighted by Crippen LogP contribution is -2.05. The molecule has 0 unspecified atom stereocenters. The average Bonchev–Trinajstić information content (AvgIpc) is 2.20. The van der Waals surface area contributed by atoms with E-state index in [9.17, 15) is 0 Å². The molecule has 0 bridgehead atoms. The lowest BCUT2D eigenvalue weighted by molar-refractivity contribution is 1.31. The van der Waals surface area contributed by atoms with Crippen LogP contribution in [-0.4, -0.2) is 12.8 Å². The highest BCUT2D eigenvalue weighted by atomic mass is 14.7. The van der Waals surface area contributed by atoms with Crippen LogP contribution < -0.4 is 5.73 Å². The van der Waals surface area contributed by atoms with E-state index < -0.39 is 0 Å². The Bertz CT molecular complexity index is 393. The number of benzene rings is 1. The summed E-state index contributed by atoms with van der Waals surface area (Å²) in [4.78, 5) is 4.19. The monoisotopic (exact) mass is 202 g/mol. The van der Waals surface area contributed by atoms with E-state index in [1.54, 1.807) is 7.05 Å². The second-order valence-electron chi connectivity index (χ2n) is 3.73. The number of hydrogen-bond donors (Lipinski definition) is 1. The molecule has 1 aromatic rings. The SMILES string of the molecule is CN=C(C)C(=C(C)N)c1ccc(C)cc1. The molecule has 2 heteroatoms. The average molecular weight is 202 g/mol. The molecule has 0 aliphatic heterocycles. The van der Waals surface area contributed by atoms with Gasteiger partial charge in [0, 0.05) is 24.0 Å². The summed E-state index contributed by atoms with van der Waals surface area (Å²) < 4.78 is 0. The molecule has 0 aliphatic rings. The van der Waals surface area contributed by atoms with Crippen LogP contribution in [0, 0.1) is 6.92 Å². The molecule has 0 saturated carbocycles. The van der Waals surface area contributed by atoms with Crippen LogP contribution >= 0.6 is 0 Å². The van der Waals surface area contributed by atoms with Gasteiger partial charge < -0.3 is 5.73 Å². The zero-order chi connectivity index (χ0) is 11.4. The first-order valence-corrected chi connectivity index (χ1v) is 5.03. The van der Waals surface area contributed by atoms with Gasteiger partial charge in [-0.2, -0.15) is 0 Å². The van der Waals surface area contributed by atoms with E-state index in [0.717, 1.165) is 22.5 Å². The molecular weight excluding hydrogens is 184 g/mol. The highest BCUT2D eigenvalue weighted by Gasteiger charge is 2.06. The van der Waals surface area contributed by atoms with E-state index >= 15 is 0 Å². The molecule has 1 aromatic carbocycles. The van der Waals surface area contributed by atoms with Crippen LogP contribution in [0.4, 0.5) is 0 Å². The van der Waals surface area contributed by atoms with E-state index in [1.807, 2.05) is 13.8 Å². The Morgan fingerprint density at radius 1 is 1.13 bits per heavy atom. The lowest BCUT2D eigenvalue weighted by atomic mass is 9.99. The molecule has 0 heterocycles. The van der Waals surface area contributed by atoms with Gasteiger partial charge in [-0.15, -0.1) is 0 Å². The number of aryl methyl sites for hydroxylation is 1. The first kappa shape index (κ1) is 11.5.